The summed E-state index contributed by atoms with van der Waals surface area (Å²) in [6.45, 7) is 0. The Hall–Kier alpha value is -3.08. The Morgan fingerprint density at radius 2 is 1.19 bits per heavy atom. The van der Waals surface area contributed by atoms with Crippen LogP contribution in [0.5, 0.6) is 0 Å². The van der Waals surface area contributed by atoms with Gasteiger partial charge in [0.25, 0.3) is 0 Å². The van der Waals surface area contributed by atoms with Crippen LogP contribution in [0.3, 0.4) is 0 Å². The molecule has 0 fully saturated rings. The van der Waals surface area contributed by atoms with Gasteiger partial charge < -0.3 is 5.21 Å². The van der Waals surface area contributed by atoms with Gasteiger partial charge in [0.2, 0.25) is 5.52 Å². The molecule has 4 aromatic heterocycles. The maximum atomic E-state index is 11.1. The van der Waals surface area contributed by atoms with Gasteiger partial charge in [-0.1, -0.05) is 0 Å². The van der Waals surface area contributed by atoms with E-state index in [0.717, 1.165) is 21.3 Å². The van der Waals surface area contributed by atoms with E-state index in [1.165, 1.54) is 6.20 Å². The van der Waals surface area contributed by atoms with Crippen molar-refractivity contribution in [3.63, 3.8) is 0 Å². The Labute approximate surface area is 121 Å². The average Bonchev–Trinajstić information content (AvgIpc) is 2.56. The first-order chi connectivity index (χ1) is 10.3. The van der Waals surface area contributed by atoms with Crippen molar-refractivity contribution < 1.29 is 4.73 Å². The van der Waals surface area contributed by atoms with Gasteiger partial charge in [0.15, 0.2) is 6.20 Å². The van der Waals surface area contributed by atoms with E-state index in [2.05, 4.69) is 15.0 Å². The van der Waals surface area contributed by atoms with Gasteiger partial charge in [0.05, 0.1) is 11.0 Å². The van der Waals surface area contributed by atoms with Gasteiger partial charge in [0, 0.05) is 30.7 Å². The van der Waals surface area contributed by atoms with E-state index < -0.39 is 0 Å². The summed E-state index contributed by atoms with van der Waals surface area (Å²) in [5.41, 5.74) is 3.23. The highest BCUT2D eigenvalue weighted by atomic mass is 16.5. The first-order valence-electron chi connectivity index (χ1n) is 6.43. The van der Waals surface area contributed by atoms with E-state index in [4.69, 9.17) is 0 Å². The second kappa shape index (κ2) is 5.92. The summed E-state index contributed by atoms with van der Waals surface area (Å²) < 4.78 is 0.808. The molecule has 0 saturated heterocycles. The zero-order chi connectivity index (χ0) is 14.5. The molecule has 4 rings (SSSR count). The SMILES string of the molecule is [O-][n+]1cccc2ncccc21.c1cnc2cccnc2c1. The van der Waals surface area contributed by atoms with Crippen LogP contribution in [0.2, 0.25) is 0 Å². The van der Waals surface area contributed by atoms with E-state index in [1.54, 1.807) is 36.8 Å². The minimum atomic E-state index is 0.606. The van der Waals surface area contributed by atoms with Crippen molar-refractivity contribution in [3.05, 3.63) is 78.5 Å². The molecule has 0 aliphatic rings. The van der Waals surface area contributed by atoms with E-state index in [1.807, 2.05) is 30.3 Å². The molecule has 0 saturated carbocycles. The van der Waals surface area contributed by atoms with Crippen molar-refractivity contribution in [3.8, 4) is 0 Å². The number of fused-ring (bicyclic) bond motifs is 2. The molecule has 0 bridgehead atoms. The summed E-state index contributed by atoms with van der Waals surface area (Å²) in [7, 11) is 0. The second-order valence-corrected chi connectivity index (χ2v) is 4.29. The van der Waals surface area contributed by atoms with Crippen LogP contribution in [0.15, 0.2) is 73.3 Å². The normalized spacial score (nSPS) is 10.1. The van der Waals surface area contributed by atoms with Crippen LogP contribution in [0.4, 0.5) is 0 Å². The van der Waals surface area contributed by atoms with E-state index >= 15 is 0 Å². The van der Waals surface area contributed by atoms with Crippen LogP contribution in [-0.2, 0) is 0 Å². The third-order valence-corrected chi connectivity index (χ3v) is 2.90. The van der Waals surface area contributed by atoms with Crippen LogP contribution < -0.4 is 4.73 Å². The molecule has 5 heteroatoms. The molecule has 21 heavy (non-hydrogen) atoms. The molecule has 0 radical (unpaired) electrons. The van der Waals surface area contributed by atoms with E-state index in [0.29, 0.717) is 5.52 Å². The smallest absolute Gasteiger partial charge is 0.242 e. The molecule has 0 spiro atoms. The van der Waals surface area contributed by atoms with Crippen molar-refractivity contribution in [1.82, 2.24) is 15.0 Å². The lowest BCUT2D eigenvalue weighted by Gasteiger charge is -1.97. The summed E-state index contributed by atoms with van der Waals surface area (Å²) in [5, 5.41) is 11.1. The molecule has 4 aromatic rings. The lowest BCUT2D eigenvalue weighted by molar-refractivity contribution is -0.577. The minimum Gasteiger partial charge on any atom is -0.618 e. The number of rotatable bonds is 0. The molecule has 0 atom stereocenters. The highest BCUT2D eigenvalue weighted by Gasteiger charge is 1.99. The lowest BCUT2D eigenvalue weighted by Crippen LogP contribution is -2.25. The highest BCUT2D eigenvalue weighted by Crippen LogP contribution is 2.04. The van der Waals surface area contributed by atoms with E-state index in [9.17, 15) is 5.21 Å². The van der Waals surface area contributed by atoms with Crippen LogP contribution in [-0.4, -0.2) is 15.0 Å². The van der Waals surface area contributed by atoms with Crippen molar-refractivity contribution in [2.75, 3.05) is 0 Å². The van der Waals surface area contributed by atoms with Gasteiger partial charge in [-0.2, -0.15) is 4.73 Å². The molecular formula is C16H12N4O. The fourth-order valence-electron chi connectivity index (χ4n) is 1.92. The number of pyridine rings is 4. The molecule has 0 aliphatic heterocycles. The zero-order valence-electron chi connectivity index (χ0n) is 11.1. The summed E-state index contributed by atoms with van der Waals surface area (Å²) in [4.78, 5) is 12.3. The molecule has 0 amide bonds. The predicted molar refractivity (Wildman–Crippen MR) is 80.2 cm³/mol. The molecule has 0 unspecified atom stereocenters. The van der Waals surface area contributed by atoms with Gasteiger partial charge in [-0.3, -0.25) is 9.97 Å². The fourth-order valence-corrected chi connectivity index (χ4v) is 1.92. The zero-order valence-corrected chi connectivity index (χ0v) is 11.1. The highest BCUT2D eigenvalue weighted by molar-refractivity contribution is 5.72. The summed E-state index contributed by atoms with van der Waals surface area (Å²) >= 11 is 0. The maximum Gasteiger partial charge on any atom is 0.242 e. The Balaban J connectivity index is 0.000000126. The molecular weight excluding hydrogens is 264 g/mol. The molecule has 4 heterocycles. The fraction of sp³-hybridized carbons (Fsp3) is 0. The Bertz CT molecular complexity index is 809. The second-order valence-electron chi connectivity index (χ2n) is 4.29. The van der Waals surface area contributed by atoms with Gasteiger partial charge in [0.1, 0.15) is 5.52 Å². The first kappa shape index (κ1) is 12.9. The Morgan fingerprint density at radius 1 is 0.667 bits per heavy atom. The number of aromatic nitrogens is 4. The predicted octanol–water partition coefficient (Wildman–Crippen LogP) is 2.50. The lowest BCUT2D eigenvalue weighted by atomic mass is 10.3. The van der Waals surface area contributed by atoms with Crippen molar-refractivity contribution in [1.29, 1.82) is 0 Å². The van der Waals surface area contributed by atoms with Crippen molar-refractivity contribution in [2.24, 2.45) is 0 Å². The number of hydrogen-bond donors (Lipinski definition) is 0. The van der Waals surface area contributed by atoms with Gasteiger partial charge in [-0.15, -0.1) is 0 Å². The van der Waals surface area contributed by atoms with Crippen LogP contribution in [0.25, 0.3) is 22.1 Å². The maximum absolute atomic E-state index is 11.1. The average molecular weight is 276 g/mol. The van der Waals surface area contributed by atoms with Crippen molar-refractivity contribution in [2.45, 2.75) is 0 Å². The molecule has 0 N–H and O–H groups in total. The van der Waals surface area contributed by atoms with Gasteiger partial charge in [-0.25, -0.2) is 4.98 Å². The Kier molecular flexibility index (Phi) is 3.64. The molecule has 102 valence electrons. The standard InChI is InChI=1S/C8H6N2O.C8H6N2/c11-10-6-2-3-7-8(10)4-1-5-9-7;1-3-7-8(9-5-1)4-2-6-10-7/h1-6H;1-6H. The third-order valence-electron chi connectivity index (χ3n) is 2.90. The first-order valence-corrected chi connectivity index (χ1v) is 6.43. The topological polar surface area (TPSA) is 65.6 Å². The monoisotopic (exact) mass is 276 g/mol. The Morgan fingerprint density at radius 3 is 1.81 bits per heavy atom. The van der Waals surface area contributed by atoms with Gasteiger partial charge >= 0.3 is 0 Å². The van der Waals surface area contributed by atoms with Crippen molar-refractivity contribution >= 4 is 22.1 Å². The van der Waals surface area contributed by atoms with E-state index in [-0.39, 0.29) is 0 Å². The summed E-state index contributed by atoms with van der Waals surface area (Å²) in [5.74, 6) is 0. The summed E-state index contributed by atoms with van der Waals surface area (Å²) in [6.07, 6.45) is 6.67. The number of nitrogens with zero attached hydrogens (tertiary/aromatic N) is 4. The van der Waals surface area contributed by atoms with Crippen LogP contribution in [0.1, 0.15) is 0 Å². The summed E-state index contributed by atoms with van der Waals surface area (Å²) in [6, 6.07) is 14.6. The quantitative estimate of drug-likeness (QED) is 0.365. The molecule has 5 nitrogen and oxygen atoms in total. The third kappa shape index (κ3) is 2.92. The van der Waals surface area contributed by atoms with Crippen LogP contribution in [0, 0.1) is 5.21 Å². The molecule has 0 aromatic carbocycles. The molecule has 0 aliphatic carbocycles. The number of hydrogen-bond acceptors (Lipinski definition) is 4. The minimum absolute atomic E-state index is 0.606. The largest absolute Gasteiger partial charge is 0.618 e. The van der Waals surface area contributed by atoms with Crippen LogP contribution >= 0.6 is 0 Å². The van der Waals surface area contributed by atoms with Gasteiger partial charge in [-0.05, 0) is 36.4 Å².